The van der Waals surface area contributed by atoms with E-state index in [9.17, 15) is 4.39 Å². The van der Waals surface area contributed by atoms with Crippen LogP contribution in [0.1, 0.15) is 38.7 Å². The Morgan fingerprint density at radius 1 is 1.25 bits per heavy atom. The predicted molar refractivity (Wildman–Crippen MR) is 98.7 cm³/mol. The number of likely N-dealkylation sites (tertiary alicyclic amines) is 1. The zero-order valence-electron chi connectivity index (χ0n) is 15.0. The van der Waals surface area contributed by atoms with Crippen LogP contribution in [0, 0.1) is 11.7 Å². The Hall–Kier alpha value is -1.62. The summed E-state index contributed by atoms with van der Waals surface area (Å²) >= 11 is 0. The molecule has 0 bridgehead atoms. The smallest absolute Gasteiger partial charge is 0.191 e. The van der Waals surface area contributed by atoms with Crippen LogP contribution in [-0.4, -0.2) is 43.6 Å². The van der Waals surface area contributed by atoms with E-state index in [1.165, 1.54) is 51.0 Å². The van der Waals surface area contributed by atoms with Crippen LogP contribution in [0.2, 0.25) is 0 Å². The molecule has 1 saturated heterocycles. The highest BCUT2D eigenvalue weighted by Crippen LogP contribution is 2.16. The van der Waals surface area contributed by atoms with Crippen LogP contribution < -0.4 is 10.6 Å². The van der Waals surface area contributed by atoms with Crippen LogP contribution in [0.25, 0.3) is 0 Å². The van der Waals surface area contributed by atoms with Gasteiger partial charge < -0.3 is 15.5 Å². The standard InChI is InChI=1S/C19H31FN4/c1-3-10-24-11-8-16(9-12-24)14-22-19(21-4-2)23-15-17-6-5-7-18(20)13-17/h5-7,13,16H,3-4,8-12,14-15H2,1-2H3,(H2,21,22,23). The van der Waals surface area contributed by atoms with Crippen molar-refractivity contribution in [2.45, 2.75) is 39.7 Å². The van der Waals surface area contributed by atoms with Gasteiger partial charge in [0.2, 0.25) is 0 Å². The van der Waals surface area contributed by atoms with Gasteiger partial charge >= 0.3 is 0 Å². The number of piperidine rings is 1. The highest BCUT2D eigenvalue weighted by molar-refractivity contribution is 5.79. The van der Waals surface area contributed by atoms with Crippen molar-refractivity contribution in [3.63, 3.8) is 0 Å². The normalized spacial score (nSPS) is 17.0. The number of aliphatic imine (C=N–C) groups is 1. The topological polar surface area (TPSA) is 39.7 Å². The van der Waals surface area contributed by atoms with Crippen molar-refractivity contribution in [3.05, 3.63) is 35.6 Å². The summed E-state index contributed by atoms with van der Waals surface area (Å²) in [6, 6.07) is 6.63. The Morgan fingerprint density at radius 2 is 2.04 bits per heavy atom. The van der Waals surface area contributed by atoms with Crippen LogP contribution in [0.4, 0.5) is 4.39 Å². The summed E-state index contributed by atoms with van der Waals surface area (Å²) in [5.74, 6) is 1.31. The SMILES string of the molecule is CCCN1CCC(CNC(=NCc2cccc(F)c2)NCC)CC1. The molecule has 0 aliphatic carbocycles. The molecule has 1 aromatic carbocycles. The van der Waals surface area contributed by atoms with Crippen LogP contribution in [-0.2, 0) is 6.54 Å². The van der Waals surface area contributed by atoms with Crippen molar-refractivity contribution in [2.75, 3.05) is 32.7 Å². The Kier molecular flexibility index (Phi) is 8.02. The van der Waals surface area contributed by atoms with Gasteiger partial charge in [-0.25, -0.2) is 9.38 Å². The molecule has 0 spiro atoms. The number of hydrogen-bond donors (Lipinski definition) is 2. The fourth-order valence-corrected chi connectivity index (χ4v) is 3.12. The third kappa shape index (κ3) is 6.48. The zero-order valence-corrected chi connectivity index (χ0v) is 15.0. The minimum absolute atomic E-state index is 0.209. The molecule has 0 radical (unpaired) electrons. The minimum atomic E-state index is -0.209. The number of hydrogen-bond acceptors (Lipinski definition) is 2. The fraction of sp³-hybridized carbons (Fsp3) is 0.632. The number of benzene rings is 1. The average molecular weight is 334 g/mol. The number of guanidine groups is 1. The number of nitrogens with zero attached hydrogens (tertiary/aromatic N) is 2. The summed E-state index contributed by atoms with van der Waals surface area (Å²) in [5, 5.41) is 6.72. The van der Waals surface area contributed by atoms with Gasteiger partial charge in [-0.3, -0.25) is 0 Å². The largest absolute Gasteiger partial charge is 0.357 e. The molecule has 1 fully saturated rings. The van der Waals surface area contributed by atoms with Crippen LogP contribution in [0.3, 0.4) is 0 Å². The molecule has 0 amide bonds. The van der Waals surface area contributed by atoms with Gasteiger partial charge in [-0.05, 0) is 69.4 Å². The van der Waals surface area contributed by atoms with E-state index < -0.39 is 0 Å². The zero-order chi connectivity index (χ0) is 17.2. The van der Waals surface area contributed by atoms with Crippen molar-refractivity contribution >= 4 is 5.96 Å². The maximum absolute atomic E-state index is 13.2. The summed E-state index contributed by atoms with van der Waals surface area (Å²) in [6.07, 6.45) is 3.73. The molecule has 0 aromatic heterocycles. The quantitative estimate of drug-likeness (QED) is 0.595. The summed E-state index contributed by atoms with van der Waals surface area (Å²) in [4.78, 5) is 7.13. The second kappa shape index (κ2) is 10.3. The molecule has 5 heteroatoms. The Balaban J connectivity index is 1.79. The van der Waals surface area contributed by atoms with Crippen molar-refractivity contribution in [2.24, 2.45) is 10.9 Å². The van der Waals surface area contributed by atoms with E-state index in [0.29, 0.717) is 12.5 Å². The molecule has 1 aliphatic rings. The first-order chi connectivity index (χ1) is 11.7. The maximum Gasteiger partial charge on any atom is 0.191 e. The van der Waals surface area contributed by atoms with Gasteiger partial charge in [0.1, 0.15) is 5.82 Å². The van der Waals surface area contributed by atoms with E-state index in [4.69, 9.17) is 0 Å². The lowest BCUT2D eigenvalue weighted by atomic mass is 9.97. The molecule has 4 nitrogen and oxygen atoms in total. The lowest BCUT2D eigenvalue weighted by Gasteiger charge is -2.32. The first-order valence-corrected chi connectivity index (χ1v) is 9.20. The number of rotatable bonds is 7. The molecule has 24 heavy (non-hydrogen) atoms. The van der Waals surface area contributed by atoms with Crippen molar-refractivity contribution in [3.8, 4) is 0 Å². The molecule has 1 aromatic rings. The number of nitrogens with one attached hydrogen (secondary N) is 2. The highest BCUT2D eigenvalue weighted by Gasteiger charge is 2.18. The van der Waals surface area contributed by atoms with Crippen LogP contribution in [0.15, 0.2) is 29.3 Å². The van der Waals surface area contributed by atoms with Crippen molar-refractivity contribution in [1.82, 2.24) is 15.5 Å². The minimum Gasteiger partial charge on any atom is -0.357 e. The maximum atomic E-state index is 13.2. The van der Waals surface area contributed by atoms with Gasteiger partial charge in [0.25, 0.3) is 0 Å². The molecule has 0 saturated carbocycles. The predicted octanol–water partition coefficient (Wildman–Crippen LogP) is 3.00. The Labute approximate surface area is 145 Å². The van der Waals surface area contributed by atoms with Crippen molar-refractivity contribution in [1.29, 1.82) is 0 Å². The first kappa shape index (κ1) is 18.7. The second-order valence-corrected chi connectivity index (χ2v) is 6.49. The monoisotopic (exact) mass is 334 g/mol. The fourth-order valence-electron chi connectivity index (χ4n) is 3.12. The lowest BCUT2D eigenvalue weighted by molar-refractivity contribution is 0.185. The third-order valence-electron chi connectivity index (χ3n) is 4.46. The highest BCUT2D eigenvalue weighted by atomic mass is 19.1. The summed E-state index contributed by atoms with van der Waals surface area (Å²) in [6.45, 7) is 10.2. The van der Waals surface area contributed by atoms with Gasteiger partial charge in [0.05, 0.1) is 6.54 Å². The van der Waals surface area contributed by atoms with E-state index in [-0.39, 0.29) is 5.82 Å². The van der Waals surface area contributed by atoms with Crippen LogP contribution >= 0.6 is 0 Å². The van der Waals surface area contributed by atoms with E-state index in [0.717, 1.165) is 24.6 Å². The van der Waals surface area contributed by atoms with Crippen molar-refractivity contribution < 1.29 is 4.39 Å². The van der Waals surface area contributed by atoms with E-state index in [1.807, 2.05) is 6.07 Å². The number of halogens is 1. The molecule has 0 unspecified atom stereocenters. The molecule has 0 atom stereocenters. The molecule has 2 rings (SSSR count). The third-order valence-corrected chi connectivity index (χ3v) is 4.46. The molecular formula is C19H31FN4. The Morgan fingerprint density at radius 3 is 2.71 bits per heavy atom. The lowest BCUT2D eigenvalue weighted by Crippen LogP contribution is -2.43. The van der Waals surface area contributed by atoms with Gasteiger partial charge in [-0.1, -0.05) is 19.1 Å². The van der Waals surface area contributed by atoms with Gasteiger partial charge in [0, 0.05) is 13.1 Å². The van der Waals surface area contributed by atoms with E-state index >= 15 is 0 Å². The van der Waals surface area contributed by atoms with E-state index in [1.54, 1.807) is 6.07 Å². The van der Waals surface area contributed by atoms with Gasteiger partial charge in [-0.15, -0.1) is 0 Å². The Bertz CT molecular complexity index is 510. The molecule has 2 N–H and O–H groups in total. The van der Waals surface area contributed by atoms with Gasteiger partial charge in [0.15, 0.2) is 5.96 Å². The molecule has 1 heterocycles. The molecule has 1 aliphatic heterocycles. The molecule has 134 valence electrons. The summed E-state index contributed by atoms with van der Waals surface area (Å²) < 4.78 is 13.2. The first-order valence-electron chi connectivity index (χ1n) is 9.20. The molecular weight excluding hydrogens is 303 g/mol. The van der Waals surface area contributed by atoms with Crippen LogP contribution in [0.5, 0.6) is 0 Å². The summed E-state index contributed by atoms with van der Waals surface area (Å²) in [7, 11) is 0. The van der Waals surface area contributed by atoms with E-state index in [2.05, 4.69) is 34.4 Å². The van der Waals surface area contributed by atoms with Gasteiger partial charge in [-0.2, -0.15) is 0 Å². The second-order valence-electron chi connectivity index (χ2n) is 6.49. The summed E-state index contributed by atoms with van der Waals surface area (Å²) in [5.41, 5.74) is 0.889. The average Bonchev–Trinajstić information content (AvgIpc) is 2.59.